The van der Waals surface area contributed by atoms with Gasteiger partial charge in [0.1, 0.15) is 10.8 Å². The molecule has 0 aliphatic heterocycles. The van der Waals surface area contributed by atoms with Gasteiger partial charge in [0.05, 0.1) is 30.2 Å². The lowest BCUT2D eigenvalue weighted by Gasteiger charge is -2.27. The molecule has 2 aliphatic rings. The van der Waals surface area contributed by atoms with E-state index in [-0.39, 0.29) is 18.4 Å². The van der Waals surface area contributed by atoms with Gasteiger partial charge in [0.15, 0.2) is 0 Å². The van der Waals surface area contributed by atoms with Gasteiger partial charge in [-0.2, -0.15) is 0 Å². The molecule has 7 nitrogen and oxygen atoms in total. The quantitative estimate of drug-likeness (QED) is 0.618. The number of anilines is 1. The molecule has 0 saturated heterocycles. The molecule has 1 saturated carbocycles. The second kappa shape index (κ2) is 9.26. The predicted molar refractivity (Wildman–Crippen MR) is 117 cm³/mol. The van der Waals surface area contributed by atoms with Gasteiger partial charge in [0.25, 0.3) is 5.91 Å². The van der Waals surface area contributed by atoms with Crippen LogP contribution in [0.4, 0.5) is 5.00 Å². The summed E-state index contributed by atoms with van der Waals surface area (Å²) in [6.07, 6.45) is 6.99. The number of hydrogen-bond donors (Lipinski definition) is 3. The van der Waals surface area contributed by atoms with Crippen molar-refractivity contribution in [2.24, 2.45) is 17.8 Å². The molecule has 2 aromatic heterocycles. The van der Waals surface area contributed by atoms with Gasteiger partial charge in [0.2, 0.25) is 5.91 Å². The maximum Gasteiger partial charge on any atom is 0.307 e. The molecule has 2 aliphatic carbocycles. The van der Waals surface area contributed by atoms with Crippen LogP contribution in [0.3, 0.4) is 0 Å². The topological polar surface area (TPSA) is 109 Å². The lowest BCUT2D eigenvalue weighted by Crippen LogP contribution is -2.36. The van der Waals surface area contributed by atoms with Crippen LogP contribution in [0.2, 0.25) is 0 Å². The fourth-order valence-electron chi connectivity index (χ4n) is 4.69. The van der Waals surface area contributed by atoms with Crippen LogP contribution in [-0.2, 0) is 29.0 Å². The van der Waals surface area contributed by atoms with E-state index in [4.69, 9.17) is 4.42 Å². The van der Waals surface area contributed by atoms with Crippen LogP contribution in [0.15, 0.2) is 22.8 Å². The predicted octanol–water partition coefficient (Wildman–Crippen LogP) is 4.23. The van der Waals surface area contributed by atoms with Crippen molar-refractivity contribution in [2.45, 2.75) is 58.4 Å². The molecule has 0 unspecified atom stereocenters. The van der Waals surface area contributed by atoms with E-state index in [0.29, 0.717) is 35.1 Å². The molecule has 3 N–H and O–H groups in total. The van der Waals surface area contributed by atoms with Crippen LogP contribution in [-0.4, -0.2) is 22.9 Å². The molecule has 0 radical (unpaired) electrons. The molecule has 3 atom stereocenters. The zero-order valence-electron chi connectivity index (χ0n) is 17.6. The van der Waals surface area contributed by atoms with Crippen LogP contribution >= 0.6 is 11.3 Å². The van der Waals surface area contributed by atoms with E-state index >= 15 is 0 Å². The molecule has 0 spiro atoms. The van der Waals surface area contributed by atoms with Crippen LogP contribution in [0.25, 0.3) is 0 Å². The highest BCUT2D eigenvalue weighted by Crippen LogP contribution is 2.40. The summed E-state index contributed by atoms with van der Waals surface area (Å²) in [4.78, 5) is 39.0. The van der Waals surface area contributed by atoms with Gasteiger partial charge in [-0.15, -0.1) is 11.3 Å². The number of thiophene rings is 1. The highest BCUT2D eigenvalue weighted by Gasteiger charge is 2.37. The number of amides is 2. The first-order valence-electron chi connectivity index (χ1n) is 10.9. The summed E-state index contributed by atoms with van der Waals surface area (Å²) in [5.74, 6) is -1.50. The van der Waals surface area contributed by atoms with Gasteiger partial charge in [0, 0.05) is 4.88 Å². The summed E-state index contributed by atoms with van der Waals surface area (Å²) in [6, 6.07) is 3.56. The van der Waals surface area contributed by atoms with E-state index in [0.717, 1.165) is 42.5 Å². The second-order valence-electron chi connectivity index (χ2n) is 8.64. The molecule has 8 heteroatoms. The first kappa shape index (κ1) is 21.6. The number of carboxylic acid groups (broad SMARTS) is 1. The number of nitrogens with one attached hydrogen (secondary N) is 2. The number of hydrogen-bond acceptors (Lipinski definition) is 5. The molecule has 1 fully saturated rings. The normalized spacial score (nSPS) is 23.1. The molecule has 0 aromatic carbocycles. The van der Waals surface area contributed by atoms with Crippen molar-refractivity contribution >= 4 is 34.1 Å². The largest absolute Gasteiger partial charge is 0.481 e. The Balaban J connectivity index is 1.58. The van der Waals surface area contributed by atoms with Gasteiger partial charge in [-0.05, 0) is 55.7 Å². The summed E-state index contributed by atoms with van der Waals surface area (Å²) in [7, 11) is 0. The average molecular weight is 445 g/mol. The van der Waals surface area contributed by atoms with E-state index in [1.54, 1.807) is 18.4 Å². The minimum atomic E-state index is -0.921. The van der Waals surface area contributed by atoms with Crippen molar-refractivity contribution in [2.75, 3.05) is 5.32 Å². The molecule has 0 bridgehead atoms. The molecule has 2 heterocycles. The standard InChI is InChI=1S/C23H28N2O5S/c1-13-8-9-17-18(11-13)31-22(19(17)21(27)24-12-14-5-4-10-30-14)25-20(26)15-6-2-3-7-16(15)23(28)29/h4-5,10,13,15-16H,2-3,6-9,11-12H2,1H3,(H,24,27)(H,25,26)(H,28,29)/t13-,15+,16+/m1/s1. The Morgan fingerprint density at radius 2 is 1.97 bits per heavy atom. The Morgan fingerprint density at radius 1 is 1.19 bits per heavy atom. The van der Waals surface area contributed by atoms with Gasteiger partial charge in [-0.3, -0.25) is 14.4 Å². The molecule has 166 valence electrons. The zero-order chi connectivity index (χ0) is 22.0. The van der Waals surface area contributed by atoms with E-state index in [9.17, 15) is 19.5 Å². The second-order valence-corrected chi connectivity index (χ2v) is 9.75. The Kier molecular flexibility index (Phi) is 6.46. The Bertz CT molecular complexity index is 965. The maximum atomic E-state index is 13.1. The summed E-state index contributed by atoms with van der Waals surface area (Å²) in [5, 5.41) is 15.9. The average Bonchev–Trinajstić information content (AvgIpc) is 3.39. The first-order valence-corrected chi connectivity index (χ1v) is 11.7. The summed E-state index contributed by atoms with van der Waals surface area (Å²) >= 11 is 1.46. The summed E-state index contributed by atoms with van der Waals surface area (Å²) in [5.41, 5.74) is 1.53. The van der Waals surface area contributed by atoms with Crippen molar-refractivity contribution in [3.63, 3.8) is 0 Å². The molecule has 2 amide bonds. The summed E-state index contributed by atoms with van der Waals surface area (Å²) in [6.45, 7) is 2.46. The maximum absolute atomic E-state index is 13.1. The van der Waals surface area contributed by atoms with Gasteiger partial charge in [-0.25, -0.2) is 0 Å². The highest BCUT2D eigenvalue weighted by atomic mass is 32.1. The SMILES string of the molecule is C[C@@H]1CCc2c(sc(NC(=O)[C@H]3CCCC[C@@H]3C(=O)O)c2C(=O)NCc2ccco2)C1. The smallest absolute Gasteiger partial charge is 0.307 e. The number of aliphatic carboxylic acids is 1. The number of rotatable bonds is 6. The number of carbonyl (C=O) groups excluding carboxylic acids is 2. The summed E-state index contributed by atoms with van der Waals surface area (Å²) < 4.78 is 5.30. The Hall–Kier alpha value is -2.61. The number of furan rings is 1. The number of carbonyl (C=O) groups is 3. The Labute approximate surface area is 185 Å². The third kappa shape index (κ3) is 4.69. The van der Waals surface area contributed by atoms with Crippen molar-refractivity contribution in [3.05, 3.63) is 40.2 Å². The fraction of sp³-hybridized carbons (Fsp3) is 0.522. The number of carboxylic acids is 1. The molecule has 4 rings (SSSR count). The van der Waals surface area contributed by atoms with Crippen LogP contribution in [0.1, 0.15) is 65.6 Å². The van der Waals surface area contributed by atoms with Crippen LogP contribution in [0, 0.1) is 17.8 Å². The minimum absolute atomic E-state index is 0.239. The lowest BCUT2D eigenvalue weighted by molar-refractivity contribution is -0.147. The third-order valence-electron chi connectivity index (χ3n) is 6.40. The van der Waals surface area contributed by atoms with E-state index in [2.05, 4.69) is 17.6 Å². The van der Waals surface area contributed by atoms with Crippen molar-refractivity contribution in [3.8, 4) is 0 Å². The van der Waals surface area contributed by atoms with Crippen LogP contribution < -0.4 is 10.6 Å². The van der Waals surface area contributed by atoms with Crippen LogP contribution in [0.5, 0.6) is 0 Å². The minimum Gasteiger partial charge on any atom is -0.481 e. The van der Waals surface area contributed by atoms with E-state index in [1.807, 2.05) is 0 Å². The zero-order valence-corrected chi connectivity index (χ0v) is 18.4. The van der Waals surface area contributed by atoms with Crippen molar-refractivity contribution < 1.29 is 23.9 Å². The fourth-order valence-corrected chi connectivity index (χ4v) is 6.10. The lowest BCUT2D eigenvalue weighted by atomic mass is 9.78. The van der Waals surface area contributed by atoms with Crippen molar-refractivity contribution in [1.82, 2.24) is 5.32 Å². The van der Waals surface area contributed by atoms with Gasteiger partial charge in [-0.1, -0.05) is 19.8 Å². The molecule has 2 aromatic rings. The number of fused-ring (bicyclic) bond motifs is 1. The van der Waals surface area contributed by atoms with E-state index < -0.39 is 17.8 Å². The molecular weight excluding hydrogens is 416 g/mol. The monoisotopic (exact) mass is 444 g/mol. The third-order valence-corrected chi connectivity index (χ3v) is 7.57. The van der Waals surface area contributed by atoms with Gasteiger partial charge < -0.3 is 20.2 Å². The van der Waals surface area contributed by atoms with E-state index in [1.165, 1.54) is 11.3 Å². The highest BCUT2D eigenvalue weighted by molar-refractivity contribution is 7.17. The molecular formula is C23H28N2O5S. The Morgan fingerprint density at radius 3 is 2.68 bits per heavy atom. The molecule has 31 heavy (non-hydrogen) atoms. The van der Waals surface area contributed by atoms with Gasteiger partial charge >= 0.3 is 5.97 Å². The first-order chi connectivity index (χ1) is 14.9. The van der Waals surface area contributed by atoms with Crippen molar-refractivity contribution in [1.29, 1.82) is 0 Å².